The maximum absolute atomic E-state index is 4.58. The summed E-state index contributed by atoms with van der Waals surface area (Å²) in [6.07, 6.45) is 2.49. The Morgan fingerprint density at radius 1 is 1.36 bits per heavy atom. The first-order valence-corrected chi connectivity index (χ1v) is 9.96. The van der Waals surface area contributed by atoms with Crippen molar-refractivity contribution in [2.45, 2.75) is 53.1 Å². The van der Waals surface area contributed by atoms with Gasteiger partial charge in [-0.3, -0.25) is 9.89 Å². The summed E-state index contributed by atoms with van der Waals surface area (Å²) in [5, 5.41) is 10.3. The van der Waals surface area contributed by atoms with E-state index in [1.165, 1.54) is 23.5 Å². The lowest BCUT2D eigenvalue weighted by Gasteiger charge is -2.32. The normalized spacial score (nSPS) is 18.1. The topological polar surface area (TPSA) is 52.6 Å². The summed E-state index contributed by atoms with van der Waals surface area (Å²) >= 11 is 1.75. The molecule has 1 fully saturated rings. The third-order valence-electron chi connectivity index (χ3n) is 4.91. The summed E-state index contributed by atoms with van der Waals surface area (Å²) in [5.41, 5.74) is 1.22. The minimum atomic E-state index is 0. The SMILES string of the molecule is CN=C(NCC1CCN(Cc2csc(C)n2)CC1)NC(C)C(C)C.I. The molecule has 25 heavy (non-hydrogen) atoms. The number of halogens is 1. The fourth-order valence-electron chi connectivity index (χ4n) is 2.88. The van der Waals surface area contributed by atoms with Crippen LogP contribution in [0.15, 0.2) is 10.4 Å². The van der Waals surface area contributed by atoms with Gasteiger partial charge in [0, 0.05) is 31.6 Å². The number of guanidine groups is 1. The van der Waals surface area contributed by atoms with Crippen LogP contribution in [0.1, 0.15) is 44.3 Å². The van der Waals surface area contributed by atoms with Crippen molar-refractivity contribution in [3.63, 3.8) is 0 Å². The molecule has 0 bridgehead atoms. The summed E-state index contributed by atoms with van der Waals surface area (Å²) in [6.45, 7) is 13.1. The first-order valence-electron chi connectivity index (χ1n) is 9.08. The van der Waals surface area contributed by atoms with Crippen LogP contribution >= 0.6 is 35.3 Å². The lowest BCUT2D eigenvalue weighted by Crippen LogP contribution is -2.46. The molecule has 144 valence electrons. The Morgan fingerprint density at radius 3 is 2.56 bits per heavy atom. The number of hydrogen-bond acceptors (Lipinski definition) is 4. The van der Waals surface area contributed by atoms with Crippen molar-refractivity contribution >= 4 is 41.3 Å². The van der Waals surface area contributed by atoms with Crippen LogP contribution in [-0.2, 0) is 6.54 Å². The van der Waals surface area contributed by atoms with Crippen LogP contribution in [0.25, 0.3) is 0 Å². The number of likely N-dealkylation sites (tertiary alicyclic amines) is 1. The quantitative estimate of drug-likeness (QED) is 0.373. The number of piperidine rings is 1. The molecule has 1 atom stereocenters. The van der Waals surface area contributed by atoms with Gasteiger partial charge in [-0.25, -0.2) is 4.98 Å². The summed E-state index contributed by atoms with van der Waals surface area (Å²) in [6, 6.07) is 0.430. The predicted molar refractivity (Wildman–Crippen MR) is 119 cm³/mol. The van der Waals surface area contributed by atoms with Gasteiger partial charge in [0.25, 0.3) is 0 Å². The molecule has 1 saturated heterocycles. The lowest BCUT2D eigenvalue weighted by atomic mass is 9.97. The Labute approximate surface area is 174 Å². The second kappa shape index (κ2) is 11.3. The van der Waals surface area contributed by atoms with E-state index in [-0.39, 0.29) is 24.0 Å². The van der Waals surface area contributed by atoms with Crippen molar-refractivity contribution in [2.24, 2.45) is 16.8 Å². The van der Waals surface area contributed by atoms with Gasteiger partial charge in [-0.2, -0.15) is 0 Å². The van der Waals surface area contributed by atoms with Crippen molar-refractivity contribution in [1.29, 1.82) is 0 Å². The van der Waals surface area contributed by atoms with E-state index < -0.39 is 0 Å². The first-order chi connectivity index (χ1) is 11.5. The number of aromatic nitrogens is 1. The van der Waals surface area contributed by atoms with E-state index in [1.54, 1.807) is 11.3 Å². The van der Waals surface area contributed by atoms with Crippen molar-refractivity contribution in [1.82, 2.24) is 20.5 Å². The Balaban J connectivity index is 0.00000312. The maximum atomic E-state index is 4.58. The van der Waals surface area contributed by atoms with Crippen LogP contribution in [0.5, 0.6) is 0 Å². The van der Waals surface area contributed by atoms with E-state index in [9.17, 15) is 0 Å². The predicted octanol–water partition coefficient (Wildman–Crippen LogP) is 3.49. The number of hydrogen-bond donors (Lipinski definition) is 2. The fourth-order valence-corrected chi connectivity index (χ4v) is 3.48. The standard InChI is InChI=1S/C18H33N5S.HI/c1-13(2)14(3)21-18(19-5)20-10-16-6-8-23(9-7-16)11-17-12-24-15(4)22-17;/h12-14,16H,6-11H2,1-5H3,(H2,19,20,21);1H. The van der Waals surface area contributed by atoms with Crippen LogP contribution in [0.4, 0.5) is 0 Å². The highest BCUT2D eigenvalue weighted by Crippen LogP contribution is 2.19. The Hall–Kier alpha value is -0.410. The van der Waals surface area contributed by atoms with Crippen molar-refractivity contribution in [3.8, 4) is 0 Å². The molecule has 1 aliphatic rings. The molecule has 5 nitrogen and oxygen atoms in total. The number of aryl methyl sites for hydroxylation is 1. The number of thiazole rings is 1. The van der Waals surface area contributed by atoms with E-state index in [0.717, 1.165) is 38.1 Å². The molecular weight excluding hydrogens is 445 g/mol. The average Bonchev–Trinajstić information content (AvgIpc) is 2.97. The highest BCUT2D eigenvalue weighted by atomic mass is 127. The van der Waals surface area contributed by atoms with Crippen molar-refractivity contribution < 1.29 is 0 Å². The molecular formula is C18H34IN5S. The Kier molecular flexibility index (Phi) is 10.3. The van der Waals surface area contributed by atoms with E-state index >= 15 is 0 Å². The first kappa shape index (κ1) is 22.6. The molecule has 0 aromatic carbocycles. The second-order valence-electron chi connectivity index (χ2n) is 7.21. The van der Waals surface area contributed by atoms with Gasteiger partial charge >= 0.3 is 0 Å². The van der Waals surface area contributed by atoms with E-state index in [4.69, 9.17) is 0 Å². The van der Waals surface area contributed by atoms with E-state index in [2.05, 4.69) is 58.6 Å². The number of nitrogens with zero attached hydrogens (tertiary/aromatic N) is 3. The minimum absolute atomic E-state index is 0. The highest BCUT2D eigenvalue weighted by molar-refractivity contribution is 14.0. The molecule has 7 heteroatoms. The van der Waals surface area contributed by atoms with Gasteiger partial charge in [-0.1, -0.05) is 13.8 Å². The van der Waals surface area contributed by atoms with Gasteiger partial charge in [0.1, 0.15) is 0 Å². The molecule has 0 aliphatic carbocycles. The molecule has 0 amide bonds. The summed E-state index contributed by atoms with van der Waals surface area (Å²) in [7, 11) is 1.85. The van der Waals surface area contributed by atoms with Crippen molar-refractivity contribution in [3.05, 3.63) is 16.1 Å². The molecule has 1 aliphatic heterocycles. The largest absolute Gasteiger partial charge is 0.356 e. The van der Waals surface area contributed by atoms with Gasteiger partial charge < -0.3 is 10.6 Å². The van der Waals surface area contributed by atoms with Crippen LogP contribution < -0.4 is 10.6 Å². The number of rotatable bonds is 6. The minimum Gasteiger partial charge on any atom is -0.356 e. The maximum Gasteiger partial charge on any atom is 0.191 e. The Morgan fingerprint density at radius 2 is 2.04 bits per heavy atom. The molecule has 1 aromatic heterocycles. The summed E-state index contributed by atoms with van der Waals surface area (Å²) in [5.74, 6) is 2.25. The molecule has 0 saturated carbocycles. The van der Waals surface area contributed by atoms with Gasteiger partial charge in [-0.05, 0) is 51.6 Å². The molecule has 2 N–H and O–H groups in total. The Bertz CT molecular complexity index is 523. The van der Waals surface area contributed by atoms with Crippen LogP contribution in [0.2, 0.25) is 0 Å². The fraction of sp³-hybridized carbons (Fsp3) is 0.778. The zero-order valence-corrected chi connectivity index (χ0v) is 19.4. The zero-order valence-electron chi connectivity index (χ0n) is 16.2. The highest BCUT2D eigenvalue weighted by Gasteiger charge is 2.20. The van der Waals surface area contributed by atoms with Gasteiger partial charge in [-0.15, -0.1) is 35.3 Å². The molecule has 0 radical (unpaired) electrons. The molecule has 0 spiro atoms. The number of nitrogens with one attached hydrogen (secondary N) is 2. The molecule has 2 rings (SSSR count). The van der Waals surface area contributed by atoms with Crippen LogP contribution in [0, 0.1) is 18.8 Å². The van der Waals surface area contributed by atoms with Gasteiger partial charge in [0.2, 0.25) is 0 Å². The molecule has 2 heterocycles. The lowest BCUT2D eigenvalue weighted by molar-refractivity contribution is 0.176. The molecule has 1 aromatic rings. The smallest absolute Gasteiger partial charge is 0.191 e. The average molecular weight is 479 g/mol. The van der Waals surface area contributed by atoms with Crippen LogP contribution in [-0.4, -0.2) is 48.6 Å². The van der Waals surface area contributed by atoms with Gasteiger partial charge in [0.05, 0.1) is 10.7 Å². The summed E-state index contributed by atoms with van der Waals surface area (Å²) in [4.78, 5) is 11.4. The van der Waals surface area contributed by atoms with Crippen molar-refractivity contribution in [2.75, 3.05) is 26.7 Å². The molecule has 1 unspecified atom stereocenters. The van der Waals surface area contributed by atoms with Gasteiger partial charge in [0.15, 0.2) is 5.96 Å². The van der Waals surface area contributed by atoms with Crippen LogP contribution in [0.3, 0.4) is 0 Å². The third-order valence-corrected chi connectivity index (χ3v) is 5.73. The van der Waals surface area contributed by atoms with E-state index in [1.807, 2.05) is 7.05 Å². The van der Waals surface area contributed by atoms with E-state index in [0.29, 0.717) is 12.0 Å². The summed E-state index contributed by atoms with van der Waals surface area (Å²) < 4.78 is 0. The monoisotopic (exact) mass is 479 g/mol. The second-order valence-corrected chi connectivity index (χ2v) is 8.27. The third kappa shape index (κ3) is 7.78. The zero-order chi connectivity index (χ0) is 17.5. The number of aliphatic imine (C=N–C) groups is 1.